The fraction of sp³-hybridized carbons (Fsp3) is 0.0667. The molecule has 0 radical (unpaired) electrons. The summed E-state index contributed by atoms with van der Waals surface area (Å²) < 4.78 is 7.99. The molecule has 106 valence electrons. The third kappa shape index (κ3) is 2.62. The largest absolute Gasteiger partial charge is 0.448 e. The van der Waals surface area contributed by atoms with Gasteiger partial charge < -0.3 is 14.3 Å². The van der Waals surface area contributed by atoms with Crippen molar-refractivity contribution in [3.8, 4) is 0 Å². The predicted molar refractivity (Wildman–Crippen MR) is 84.3 cm³/mol. The number of carbonyl (C=O) groups is 1. The topological polar surface area (TPSA) is 60.1 Å². The standard InChI is InChI=1S/C15H12BrN3O2/c1-2-7-19-11-9-14(16)21-13(11)8-12(19)15(20)18-10-3-5-17-6-4-10/h2-6,8-9H,1,7H2,(H,17,18,20). The Kier molecular flexibility index (Phi) is 3.62. The number of fused-ring (bicyclic) bond motifs is 1. The number of carbonyl (C=O) groups excluding carboxylic acids is 1. The van der Waals surface area contributed by atoms with Crippen molar-refractivity contribution in [1.82, 2.24) is 9.55 Å². The molecule has 21 heavy (non-hydrogen) atoms. The minimum absolute atomic E-state index is 0.203. The third-order valence-electron chi connectivity index (χ3n) is 3.04. The summed E-state index contributed by atoms with van der Waals surface area (Å²) in [6, 6.07) is 7.03. The lowest BCUT2D eigenvalue weighted by molar-refractivity contribution is 0.101. The molecular formula is C15H12BrN3O2. The van der Waals surface area contributed by atoms with Gasteiger partial charge in [0.2, 0.25) is 0 Å². The van der Waals surface area contributed by atoms with Crippen LogP contribution >= 0.6 is 15.9 Å². The van der Waals surface area contributed by atoms with E-state index in [2.05, 4.69) is 32.8 Å². The first-order chi connectivity index (χ1) is 10.2. The van der Waals surface area contributed by atoms with Gasteiger partial charge in [-0.1, -0.05) is 6.08 Å². The Balaban J connectivity index is 1.98. The number of anilines is 1. The van der Waals surface area contributed by atoms with Crippen LogP contribution in [0.4, 0.5) is 5.69 Å². The number of hydrogen-bond acceptors (Lipinski definition) is 3. The number of nitrogens with zero attached hydrogens (tertiary/aromatic N) is 2. The molecule has 0 fully saturated rings. The molecule has 3 aromatic heterocycles. The lowest BCUT2D eigenvalue weighted by atomic mass is 10.3. The number of aromatic nitrogens is 2. The van der Waals surface area contributed by atoms with Gasteiger partial charge >= 0.3 is 0 Å². The van der Waals surface area contributed by atoms with Crippen molar-refractivity contribution in [3.05, 3.63) is 59.7 Å². The van der Waals surface area contributed by atoms with Crippen molar-refractivity contribution in [3.63, 3.8) is 0 Å². The fourth-order valence-electron chi connectivity index (χ4n) is 2.16. The van der Waals surface area contributed by atoms with Gasteiger partial charge in [0.05, 0.1) is 5.52 Å². The summed E-state index contributed by atoms with van der Waals surface area (Å²) in [4.78, 5) is 16.3. The number of halogens is 1. The molecule has 0 unspecified atom stereocenters. The van der Waals surface area contributed by atoms with Gasteiger partial charge in [0, 0.05) is 36.8 Å². The van der Waals surface area contributed by atoms with Gasteiger partial charge in [0.15, 0.2) is 10.3 Å². The van der Waals surface area contributed by atoms with Crippen LogP contribution in [0.25, 0.3) is 11.1 Å². The maximum absolute atomic E-state index is 12.4. The Hall–Kier alpha value is -2.34. The molecule has 5 nitrogen and oxygen atoms in total. The second-order valence-electron chi connectivity index (χ2n) is 4.42. The first-order valence-electron chi connectivity index (χ1n) is 6.30. The van der Waals surface area contributed by atoms with E-state index in [0.29, 0.717) is 28.2 Å². The van der Waals surface area contributed by atoms with Crippen molar-refractivity contribution in [2.24, 2.45) is 0 Å². The lowest BCUT2D eigenvalue weighted by Crippen LogP contribution is -2.16. The minimum atomic E-state index is -0.203. The Morgan fingerprint density at radius 1 is 1.43 bits per heavy atom. The molecule has 1 N–H and O–H groups in total. The first kappa shape index (κ1) is 13.6. The van der Waals surface area contributed by atoms with Gasteiger partial charge in [-0.25, -0.2) is 0 Å². The summed E-state index contributed by atoms with van der Waals surface area (Å²) in [5, 5.41) is 2.83. The molecule has 0 aliphatic carbocycles. The molecule has 0 saturated carbocycles. The van der Waals surface area contributed by atoms with Crippen molar-refractivity contribution >= 4 is 38.6 Å². The summed E-state index contributed by atoms with van der Waals surface area (Å²) in [6.07, 6.45) is 4.99. The molecule has 0 aliphatic rings. The van der Waals surface area contributed by atoms with Gasteiger partial charge in [-0.3, -0.25) is 9.78 Å². The second kappa shape index (κ2) is 5.57. The lowest BCUT2D eigenvalue weighted by Gasteiger charge is -2.08. The van der Waals surface area contributed by atoms with Gasteiger partial charge in [0.1, 0.15) is 5.69 Å². The van der Waals surface area contributed by atoms with E-state index in [0.717, 1.165) is 5.52 Å². The highest BCUT2D eigenvalue weighted by Gasteiger charge is 2.18. The molecule has 0 saturated heterocycles. The number of allylic oxidation sites excluding steroid dienone is 1. The maximum atomic E-state index is 12.4. The molecular weight excluding hydrogens is 334 g/mol. The fourth-order valence-corrected chi connectivity index (χ4v) is 2.55. The highest BCUT2D eigenvalue weighted by Crippen LogP contribution is 2.27. The normalized spacial score (nSPS) is 10.7. The van der Waals surface area contributed by atoms with Crippen molar-refractivity contribution in [1.29, 1.82) is 0 Å². The summed E-state index contributed by atoms with van der Waals surface area (Å²) in [5.74, 6) is -0.203. The summed E-state index contributed by atoms with van der Waals surface area (Å²) in [5.41, 5.74) is 2.72. The smallest absolute Gasteiger partial charge is 0.272 e. The van der Waals surface area contributed by atoms with Gasteiger partial charge in [-0.15, -0.1) is 6.58 Å². The van der Waals surface area contributed by atoms with E-state index in [1.807, 2.05) is 10.6 Å². The highest BCUT2D eigenvalue weighted by atomic mass is 79.9. The number of amides is 1. The van der Waals surface area contributed by atoms with Crippen LogP contribution in [0.3, 0.4) is 0 Å². The van der Waals surface area contributed by atoms with E-state index in [9.17, 15) is 4.79 Å². The molecule has 6 heteroatoms. The summed E-state index contributed by atoms with van der Waals surface area (Å²) >= 11 is 3.29. The molecule has 0 aliphatic heterocycles. The van der Waals surface area contributed by atoms with E-state index >= 15 is 0 Å². The summed E-state index contributed by atoms with van der Waals surface area (Å²) in [7, 11) is 0. The first-order valence-corrected chi connectivity index (χ1v) is 7.09. The van der Waals surface area contributed by atoms with Crippen LogP contribution in [-0.2, 0) is 6.54 Å². The van der Waals surface area contributed by atoms with Crippen LogP contribution in [0.15, 0.2) is 58.4 Å². The van der Waals surface area contributed by atoms with Crippen LogP contribution in [-0.4, -0.2) is 15.5 Å². The van der Waals surface area contributed by atoms with Crippen LogP contribution in [0.1, 0.15) is 10.5 Å². The molecule has 3 aromatic rings. The monoisotopic (exact) mass is 345 g/mol. The molecule has 1 amide bonds. The van der Waals surface area contributed by atoms with Gasteiger partial charge in [-0.05, 0) is 28.1 Å². The maximum Gasteiger partial charge on any atom is 0.272 e. The second-order valence-corrected chi connectivity index (χ2v) is 5.20. The number of furan rings is 1. The number of rotatable bonds is 4. The minimum Gasteiger partial charge on any atom is -0.448 e. The van der Waals surface area contributed by atoms with Crippen LogP contribution in [0, 0.1) is 0 Å². The van der Waals surface area contributed by atoms with E-state index in [1.54, 1.807) is 36.7 Å². The van der Waals surface area contributed by atoms with Crippen LogP contribution in [0.5, 0.6) is 0 Å². The van der Waals surface area contributed by atoms with Crippen LogP contribution < -0.4 is 5.32 Å². The quantitative estimate of drug-likeness (QED) is 0.731. The number of pyridine rings is 1. The van der Waals surface area contributed by atoms with Crippen molar-refractivity contribution < 1.29 is 9.21 Å². The van der Waals surface area contributed by atoms with E-state index in [4.69, 9.17) is 4.42 Å². The molecule has 3 rings (SSSR count). The van der Waals surface area contributed by atoms with Crippen molar-refractivity contribution in [2.75, 3.05) is 5.32 Å². The third-order valence-corrected chi connectivity index (χ3v) is 3.43. The van der Waals surface area contributed by atoms with Gasteiger partial charge in [0.25, 0.3) is 5.91 Å². The molecule has 0 bridgehead atoms. The zero-order valence-electron chi connectivity index (χ0n) is 11.0. The average molecular weight is 346 g/mol. The van der Waals surface area contributed by atoms with E-state index in [1.165, 1.54) is 0 Å². The summed E-state index contributed by atoms with van der Waals surface area (Å²) in [6.45, 7) is 4.25. The van der Waals surface area contributed by atoms with E-state index < -0.39 is 0 Å². The number of hydrogen-bond donors (Lipinski definition) is 1. The molecule has 3 heterocycles. The zero-order chi connectivity index (χ0) is 14.8. The van der Waals surface area contributed by atoms with Crippen LogP contribution in [0.2, 0.25) is 0 Å². The zero-order valence-corrected chi connectivity index (χ0v) is 12.6. The Morgan fingerprint density at radius 3 is 2.90 bits per heavy atom. The number of nitrogens with one attached hydrogen (secondary N) is 1. The average Bonchev–Trinajstić information content (AvgIpc) is 2.98. The SMILES string of the molecule is C=CCn1c(C(=O)Nc2ccncc2)cc2oc(Br)cc21. The Bertz CT molecular complexity index is 805. The molecule has 0 atom stereocenters. The van der Waals surface area contributed by atoms with Gasteiger partial charge in [-0.2, -0.15) is 0 Å². The molecule has 0 spiro atoms. The van der Waals surface area contributed by atoms with E-state index in [-0.39, 0.29) is 5.91 Å². The Labute approximate surface area is 129 Å². The predicted octanol–water partition coefficient (Wildman–Crippen LogP) is 3.83. The molecule has 0 aromatic carbocycles. The Morgan fingerprint density at radius 2 is 2.19 bits per heavy atom. The highest BCUT2D eigenvalue weighted by molar-refractivity contribution is 9.10. The van der Waals surface area contributed by atoms with Crippen molar-refractivity contribution in [2.45, 2.75) is 6.54 Å².